The van der Waals surface area contributed by atoms with Gasteiger partial charge in [-0.25, -0.2) is 0 Å². The van der Waals surface area contributed by atoms with Crippen LogP contribution in [0.5, 0.6) is 11.5 Å². The molecule has 1 aromatic carbocycles. The van der Waals surface area contributed by atoms with E-state index in [1.165, 1.54) is 12.8 Å². The van der Waals surface area contributed by atoms with Gasteiger partial charge in [-0.05, 0) is 68.6 Å². The van der Waals surface area contributed by atoms with E-state index in [0.717, 1.165) is 36.3 Å². The molecular weight excluding hydrogens is 330 g/mol. The van der Waals surface area contributed by atoms with Crippen LogP contribution in [-0.2, 0) is 4.79 Å². The van der Waals surface area contributed by atoms with Gasteiger partial charge in [-0.15, -0.1) is 0 Å². The molecule has 26 heavy (non-hydrogen) atoms. The summed E-state index contributed by atoms with van der Waals surface area (Å²) in [6.07, 6.45) is 6.99. The third-order valence-corrected chi connectivity index (χ3v) is 6.21. The summed E-state index contributed by atoms with van der Waals surface area (Å²) in [5.74, 6) is 1.76. The summed E-state index contributed by atoms with van der Waals surface area (Å²) in [7, 11) is 1.66. The monoisotopic (exact) mass is 359 g/mol. The Labute approximate surface area is 155 Å². The van der Waals surface area contributed by atoms with Crippen molar-refractivity contribution in [3.05, 3.63) is 23.8 Å². The van der Waals surface area contributed by atoms with Crippen LogP contribution in [0.2, 0.25) is 0 Å². The molecule has 2 saturated carbocycles. The predicted molar refractivity (Wildman–Crippen MR) is 98.3 cm³/mol. The summed E-state index contributed by atoms with van der Waals surface area (Å²) >= 11 is 0. The first kappa shape index (κ1) is 17.7. The lowest BCUT2D eigenvalue weighted by Crippen LogP contribution is -2.40. The highest BCUT2D eigenvalue weighted by Gasteiger charge is 2.53. The summed E-state index contributed by atoms with van der Waals surface area (Å²) in [6, 6.07) is 6.01. The van der Waals surface area contributed by atoms with E-state index in [4.69, 9.17) is 9.47 Å². The molecule has 3 aliphatic rings. The minimum atomic E-state index is -1.11. The Balaban J connectivity index is 1.61. The van der Waals surface area contributed by atoms with E-state index in [0.29, 0.717) is 25.3 Å². The minimum absolute atomic E-state index is 0.0102. The average molecular weight is 359 g/mol. The number of carbonyl (C=O) groups excluding carboxylic acids is 1. The maximum absolute atomic E-state index is 12.8. The molecule has 5 nitrogen and oxygen atoms in total. The Morgan fingerprint density at radius 1 is 1.19 bits per heavy atom. The molecule has 1 saturated heterocycles. The first-order valence-electron chi connectivity index (χ1n) is 9.90. The van der Waals surface area contributed by atoms with Gasteiger partial charge in [0.05, 0.1) is 19.3 Å². The molecule has 2 atom stereocenters. The molecule has 0 spiro atoms. The maximum Gasteiger partial charge on any atom is 0.255 e. The zero-order chi connectivity index (χ0) is 18.3. The second kappa shape index (κ2) is 6.76. The van der Waals surface area contributed by atoms with Crippen molar-refractivity contribution in [3.63, 3.8) is 0 Å². The number of hydrogen-bond acceptors (Lipinski definition) is 4. The molecule has 4 rings (SSSR count). The molecule has 0 radical (unpaired) electrons. The van der Waals surface area contributed by atoms with E-state index in [2.05, 4.69) is 6.92 Å². The highest BCUT2D eigenvalue weighted by Crippen LogP contribution is 2.45. The molecule has 0 aromatic heterocycles. The van der Waals surface area contributed by atoms with Gasteiger partial charge in [0.2, 0.25) is 0 Å². The Kier molecular flexibility index (Phi) is 4.59. The van der Waals surface area contributed by atoms with Crippen molar-refractivity contribution < 1.29 is 19.4 Å². The van der Waals surface area contributed by atoms with Gasteiger partial charge in [0.15, 0.2) is 11.5 Å². The van der Waals surface area contributed by atoms with Crippen LogP contribution < -0.4 is 9.47 Å². The standard InChI is InChI=1S/C21H29NO4/c1-14-9-12-22(20(23)21(24)10-11-21)19(14)15-7-8-17(25-2)18(13-15)26-16-5-3-4-6-16/h7-8,13-14,16,19,24H,3-6,9-12H2,1-2H3. The molecule has 1 aromatic rings. The van der Waals surface area contributed by atoms with Gasteiger partial charge >= 0.3 is 0 Å². The van der Waals surface area contributed by atoms with E-state index in [-0.39, 0.29) is 18.1 Å². The van der Waals surface area contributed by atoms with Gasteiger partial charge in [0, 0.05) is 6.54 Å². The fourth-order valence-corrected chi connectivity index (χ4v) is 4.44. The number of aliphatic hydroxyl groups is 1. The van der Waals surface area contributed by atoms with Crippen molar-refractivity contribution in [2.45, 2.75) is 69.6 Å². The Morgan fingerprint density at radius 2 is 1.92 bits per heavy atom. The van der Waals surface area contributed by atoms with Crippen LogP contribution in [0.1, 0.15) is 63.5 Å². The number of hydrogen-bond donors (Lipinski definition) is 1. The fraction of sp³-hybridized carbons (Fsp3) is 0.667. The molecular formula is C21H29NO4. The van der Waals surface area contributed by atoms with E-state index in [1.54, 1.807) is 7.11 Å². The summed E-state index contributed by atoms with van der Waals surface area (Å²) in [5, 5.41) is 10.3. The molecule has 142 valence electrons. The molecule has 1 heterocycles. The molecule has 2 unspecified atom stereocenters. The van der Waals surface area contributed by atoms with Crippen molar-refractivity contribution in [1.82, 2.24) is 4.90 Å². The van der Waals surface area contributed by atoms with Gasteiger partial charge in [0.1, 0.15) is 5.60 Å². The van der Waals surface area contributed by atoms with Gasteiger partial charge in [0.25, 0.3) is 5.91 Å². The van der Waals surface area contributed by atoms with Crippen LogP contribution in [0.4, 0.5) is 0 Å². The van der Waals surface area contributed by atoms with Gasteiger partial charge in [-0.3, -0.25) is 4.79 Å². The van der Waals surface area contributed by atoms with Crippen molar-refractivity contribution >= 4 is 5.91 Å². The lowest BCUT2D eigenvalue weighted by Gasteiger charge is -2.30. The van der Waals surface area contributed by atoms with Gasteiger partial charge in [-0.1, -0.05) is 13.0 Å². The molecule has 5 heteroatoms. The normalized spacial score (nSPS) is 27.6. The van der Waals surface area contributed by atoms with Crippen LogP contribution in [-0.4, -0.2) is 41.3 Å². The number of benzene rings is 1. The number of likely N-dealkylation sites (tertiary alicyclic amines) is 1. The van der Waals surface area contributed by atoms with E-state index < -0.39 is 5.60 Å². The summed E-state index contributed by atoms with van der Waals surface area (Å²) in [4.78, 5) is 14.6. The first-order valence-corrected chi connectivity index (χ1v) is 9.90. The zero-order valence-corrected chi connectivity index (χ0v) is 15.7. The third-order valence-electron chi connectivity index (χ3n) is 6.21. The summed E-state index contributed by atoms with van der Waals surface area (Å²) < 4.78 is 11.7. The Morgan fingerprint density at radius 3 is 2.58 bits per heavy atom. The first-order chi connectivity index (χ1) is 12.5. The van der Waals surface area contributed by atoms with Crippen LogP contribution in [0.3, 0.4) is 0 Å². The highest BCUT2D eigenvalue weighted by atomic mass is 16.5. The number of ether oxygens (including phenoxy) is 2. The number of methoxy groups -OCH3 is 1. The number of amides is 1. The topological polar surface area (TPSA) is 59.0 Å². The molecule has 0 bridgehead atoms. The number of carbonyl (C=O) groups is 1. The second-order valence-electron chi connectivity index (χ2n) is 8.18. The number of rotatable bonds is 5. The average Bonchev–Trinajstić information content (AvgIpc) is 3.04. The smallest absolute Gasteiger partial charge is 0.255 e. The largest absolute Gasteiger partial charge is 0.493 e. The van der Waals surface area contributed by atoms with E-state index >= 15 is 0 Å². The van der Waals surface area contributed by atoms with Gasteiger partial charge < -0.3 is 19.5 Å². The second-order valence-corrected chi connectivity index (χ2v) is 8.18. The Hall–Kier alpha value is -1.75. The molecule has 1 aliphatic heterocycles. The van der Waals surface area contributed by atoms with E-state index in [1.807, 2.05) is 23.1 Å². The predicted octanol–water partition coefficient (Wildman–Crippen LogP) is 3.45. The van der Waals surface area contributed by atoms with Crippen molar-refractivity contribution in [2.75, 3.05) is 13.7 Å². The summed E-state index contributed by atoms with van der Waals surface area (Å²) in [5.41, 5.74) is -0.0424. The van der Waals surface area contributed by atoms with Gasteiger partial charge in [-0.2, -0.15) is 0 Å². The molecule has 1 N–H and O–H groups in total. The van der Waals surface area contributed by atoms with Crippen LogP contribution in [0.15, 0.2) is 18.2 Å². The number of nitrogens with zero attached hydrogens (tertiary/aromatic N) is 1. The quantitative estimate of drug-likeness (QED) is 0.875. The SMILES string of the molecule is COc1ccc(C2C(C)CCN2C(=O)C2(O)CC2)cc1OC1CCCC1. The van der Waals surface area contributed by atoms with E-state index in [9.17, 15) is 9.90 Å². The molecule has 2 aliphatic carbocycles. The lowest BCUT2D eigenvalue weighted by molar-refractivity contribution is -0.143. The van der Waals surface area contributed by atoms with Crippen LogP contribution in [0, 0.1) is 5.92 Å². The third kappa shape index (κ3) is 3.18. The zero-order valence-electron chi connectivity index (χ0n) is 15.7. The van der Waals surface area contributed by atoms with Crippen molar-refractivity contribution in [2.24, 2.45) is 5.92 Å². The Bertz CT molecular complexity index is 679. The van der Waals surface area contributed by atoms with Crippen LogP contribution in [0.25, 0.3) is 0 Å². The van der Waals surface area contributed by atoms with Crippen molar-refractivity contribution in [3.8, 4) is 11.5 Å². The maximum atomic E-state index is 12.8. The summed E-state index contributed by atoms with van der Waals surface area (Å²) in [6.45, 7) is 2.88. The highest BCUT2D eigenvalue weighted by molar-refractivity contribution is 5.88. The van der Waals surface area contributed by atoms with Crippen molar-refractivity contribution in [1.29, 1.82) is 0 Å². The van der Waals surface area contributed by atoms with Crippen LogP contribution >= 0.6 is 0 Å². The molecule has 1 amide bonds. The lowest BCUT2D eigenvalue weighted by atomic mass is 9.94. The fourth-order valence-electron chi connectivity index (χ4n) is 4.44. The minimum Gasteiger partial charge on any atom is -0.493 e. The molecule has 3 fully saturated rings.